The van der Waals surface area contributed by atoms with Gasteiger partial charge in [-0.3, -0.25) is 4.79 Å². The molecule has 0 aromatic rings. The number of hydrogen-bond donors (Lipinski definition) is 0. The molecule has 0 radical (unpaired) electrons. The highest BCUT2D eigenvalue weighted by Gasteiger charge is 2.40. The van der Waals surface area contributed by atoms with Gasteiger partial charge in [0, 0.05) is 27.2 Å². The Morgan fingerprint density at radius 1 is 1.47 bits per heavy atom. The average Bonchev–Trinajstić information content (AvgIpc) is 2.46. The number of nitrogens with zero attached hydrogens (tertiary/aromatic N) is 2. The number of carbonyl (C=O) groups is 1. The highest BCUT2D eigenvalue weighted by Crippen LogP contribution is 2.31. The quantitative estimate of drug-likeness (QED) is 0.707. The van der Waals surface area contributed by atoms with E-state index >= 15 is 0 Å². The van der Waals surface area contributed by atoms with Gasteiger partial charge in [0.2, 0.25) is 5.91 Å². The van der Waals surface area contributed by atoms with Crippen molar-refractivity contribution in [1.82, 2.24) is 9.80 Å². The summed E-state index contributed by atoms with van der Waals surface area (Å²) in [6.07, 6.45) is 0.997. The summed E-state index contributed by atoms with van der Waals surface area (Å²) in [4.78, 5) is 16.1. The van der Waals surface area contributed by atoms with E-state index in [1.54, 1.807) is 4.90 Å². The van der Waals surface area contributed by atoms with Gasteiger partial charge in [-0.05, 0) is 25.8 Å². The second-order valence-corrected chi connectivity index (χ2v) is 5.64. The van der Waals surface area contributed by atoms with E-state index in [1.165, 1.54) is 0 Å². The summed E-state index contributed by atoms with van der Waals surface area (Å²) >= 11 is 0. The second kappa shape index (κ2) is 4.52. The maximum absolute atomic E-state index is 12.0. The molecule has 0 saturated carbocycles. The van der Waals surface area contributed by atoms with E-state index in [2.05, 4.69) is 25.7 Å². The van der Waals surface area contributed by atoms with Crippen LogP contribution in [-0.2, 0) is 4.79 Å². The van der Waals surface area contributed by atoms with Crippen molar-refractivity contribution in [3.05, 3.63) is 0 Å². The molecular formula is C12H24N2O. The van der Waals surface area contributed by atoms with Crippen molar-refractivity contribution in [2.75, 3.05) is 33.7 Å². The lowest BCUT2D eigenvalue weighted by atomic mass is 9.88. The van der Waals surface area contributed by atoms with Crippen LogP contribution in [0, 0.1) is 11.3 Å². The molecule has 15 heavy (non-hydrogen) atoms. The smallest absolute Gasteiger partial charge is 0.229 e. The molecule has 88 valence electrons. The van der Waals surface area contributed by atoms with E-state index in [9.17, 15) is 4.79 Å². The SMILES string of the molecule is CC(C)CN1CCC(C)(C(=O)N(C)C)C1. The minimum atomic E-state index is -0.154. The van der Waals surface area contributed by atoms with E-state index in [4.69, 9.17) is 0 Å². The van der Waals surface area contributed by atoms with Crippen LogP contribution in [0.25, 0.3) is 0 Å². The molecule has 1 fully saturated rings. The Kier molecular flexibility index (Phi) is 3.77. The minimum Gasteiger partial charge on any atom is -0.348 e. The zero-order chi connectivity index (χ0) is 11.6. The summed E-state index contributed by atoms with van der Waals surface area (Å²) in [6, 6.07) is 0. The van der Waals surface area contributed by atoms with Crippen LogP contribution in [0.15, 0.2) is 0 Å². The molecule has 1 rings (SSSR count). The van der Waals surface area contributed by atoms with Gasteiger partial charge in [-0.2, -0.15) is 0 Å². The average molecular weight is 212 g/mol. The summed E-state index contributed by atoms with van der Waals surface area (Å²) in [6.45, 7) is 9.63. The van der Waals surface area contributed by atoms with Crippen molar-refractivity contribution in [1.29, 1.82) is 0 Å². The first-order valence-electron chi connectivity index (χ1n) is 5.79. The van der Waals surface area contributed by atoms with Crippen LogP contribution >= 0.6 is 0 Å². The Labute approximate surface area is 93.4 Å². The molecule has 0 aromatic heterocycles. The lowest BCUT2D eigenvalue weighted by Gasteiger charge is -2.27. The molecule has 1 heterocycles. The van der Waals surface area contributed by atoms with Crippen molar-refractivity contribution in [2.24, 2.45) is 11.3 Å². The monoisotopic (exact) mass is 212 g/mol. The van der Waals surface area contributed by atoms with Crippen LogP contribution < -0.4 is 0 Å². The fraction of sp³-hybridized carbons (Fsp3) is 0.917. The van der Waals surface area contributed by atoms with Gasteiger partial charge >= 0.3 is 0 Å². The molecule has 0 aromatic carbocycles. The first-order chi connectivity index (χ1) is 6.85. The maximum Gasteiger partial charge on any atom is 0.229 e. The van der Waals surface area contributed by atoms with E-state index in [1.807, 2.05) is 14.1 Å². The molecule has 1 amide bonds. The third kappa shape index (κ3) is 2.94. The van der Waals surface area contributed by atoms with E-state index < -0.39 is 0 Å². The summed E-state index contributed by atoms with van der Waals surface area (Å²) in [5.41, 5.74) is -0.154. The molecule has 1 saturated heterocycles. The van der Waals surface area contributed by atoms with Gasteiger partial charge in [0.05, 0.1) is 5.41 Å². The fourth-order valence-corrected chi connectivity index (χ4v) is 2.44. The number of amides is 1. The normalized spacial score (nSPS) is 27.3. The largest absolute Gasteiger partial charge is 0.348 e. The Balaban J connectivity index is 2.57. The summed E-state index contributed by atoms with van der Waals surface area (Å²) in [7, 11) is 3.69. The van der Waals surface area contributed by atoms with Crippen LogP contribution in [0.2, 0.25) is 0 Å². The van der Waals surface area contributed by atoms with Crippen molar-refractivity contribution < 1.29 is 4.79 Å². The number of hydrogen-bond acceptors (Lipinski definition) is 2. The number of rotatable bonds is 3. The summed E-state index contributed by atoms with van der Waals surface area (Å²) in [5, 5.41) is 0. The van der Waals surface area contributed by atoms with Gasteiger partial charge in [-0.25, -0.2) is 0 Å². The zero-order valence-corrected chi connectivity index (χ0v) is 10.7. The molecule has 1 atom stereocenters. The van der Waals surface area contributed by atoms with Crippen molar-refractivity contribution in [3.63, 3.8) is 0 Å². The van der Waals surface area contributed by atoms with Gasteiger partial charge in [0.25, 0.3) is 0 Å². The Hall–Kier alpha value is -0.570. The molecule has 3 nitrogen and oxygen atoms in total. The van der Waals surface area contributed by atoms with Gasteiger partial charge in [0.15, 0.2) is 0 Å². The Morgan fingerprint density at radius 3 is 2.53 bits per heavy atom. The maximum atomic E-state index is 12.0. The standard InChI is InChI=1S/C12H24N2O/c1-10(2)8-14-7-6-12(3,9-14)11(15)13(4)5/h10H,6-9H2,1-5H3. The minimum absolute atomic E-state index is 0.154. The van der Waals surface area contributed by atoms with Crippen LogP contribution in [0.3, 0.4) is 0 Å². The fourth-order valence-electron chi connectivity index (χ4n) is 2.44. The van der Waals surface area contributed by atoms with Crippen molar-refractivity contribution in [2.45, 2.75) is 27.2 Å². The van der Waals surface area contributed by atoms with Crippen LogP contribution in [0.1, 0.15) is 27.2 Å². The molecule has 0 bridgehead atoms. The Bertz CT molecular complexity index is 238. The lowest BCUT2D eigenvalue weighted by Crippen LogP contribution is -2.40. The topological polar surface area (TPSA) is 23.6 Å². The van der Waals surface area contributed by atoms with Gasteiger partial charge in [0.1, 0.15) is 0 Å². The van der Waals surface area contributed by atoms with Gasteiger partial charge in [-0.1, -0.05) is 13.8 Å². The molecule has 1 aliphatic rings. The van der Waals surface area contributed by atoms with Gasteiger partial charge in [-0.15, -0.1) is 0 Å². The second-order valence-electron chi connectivity index (χ2n) is 5.64. The third-order valence-corrected chi connectivity index (χ3v) is 3.10. The van der Waals surface area contributed by atoms with Gasteiger partial charge < -0.3 is 9.80 Å². The Morgan fingerprint density at radius 2 is 2.07 bits per heavy atom. The predicted octanol–water partition coefficient (Wildman–Crippen LogP) is 1.44. The highest BCUT2D eigenvalue weighted by molar-refractivity contribution is 5.82. The highest BCUT2D eigenvalue weighted by atomic mass is 16.2. The third-order valence-electron chi connectivity index (χ3n) is 3.10. The predicted molar refractivity (Wildman–Crippen MR) is 62.7 cm³/mol. The zero-order valence-electron chi connectivity index (χ0n) is 10.7. The molecule has 1 aliphatic heterocycles. The summed E-state index contributed by atoms with van der Waals surface area (Å²) < 4.78 is 0. The van der Waals surface area contributed by atoms with Crippen LogP contribution in [-0.4, -0.2) is 49.4 Å². The van der Waals surface area contributed by atoms with E-state index in [0.717, 1.165) is 26.1 Å². The van der Waals surface area contributed by atoms with Crippen molar-refractivity contribution in [3.8, 4) is 0 Å². The first kappa shape index (κ1) is 12.5. The lowest BCUT2D eigenvalue weighted by molar-refractivity contribution is -0.137. The van der Waals surface area contributed by atoms with Crippen LogP contribution in [0.4, 0.5) is 0 Å². The number of likely N-dealkylation sites (tertiary alicyclic amines) is 1. The first-order valence-corrected chi connectivity index (χ1v) is 5.79. The molecule has 1 unspecified atom stereocenters. The summed E-state index contributed by atoms with van der Waals surface area (Å²) in [5.74, 6) is 0.954. The molecular weight excluding hydrogens is 188 g/mol. The van der Waals surface area contributed by atoms with E-state index in [0.29, 0.717) is 5.92 Å². The van der Waals surface area contributed by atoms with Crippen molar-refractivity contribution >= 4 is 5.91 Å². The van der Waals surface area contributed by atoms with E-state index in [-0.39, 0.29) is 11.3 Å². The number of carbonyl (C=O) groups excluding carboxylic acids is 1. The molecule has 0 aliphatic carbocycles. The molecule has 3 heteroatoms. The molecule has 0 spiro atoms. The molecule has 0 N–H and O–H groups in total. The van der Waals surface area contributed by atoms with Crippen LogP contribution in [0.5, 0.6) is 0 Å².